The lowest BCUT2D eigenvalue weighted by Gasteiger charge is -2.29. The van der Waals surface area contributed by atoms with Crippen LogP contribution in [0.25, 0.3) is 0 Å². The number of carbonyl (C=O) groups is 4. The summed E-state index contributed by atoms with van der Waals surface area (Å²) in [5.41, 5.74) is -1.54. The fraction of sp³-hybridized carbons (Fsp3) is 0.480. The summed E-state index contributed by atoms with van der Waals surface area (Å²) in [6.45, 7) is 10.00. The van der Waals surface area contributed by atoms with Gasteiger partial charge in [0.05, 0.1) is 6.20 Å². The third kappa shape index (κ3) is 8.10. The van der Waals surface area contributed by atoms with Gasteiger partial charge < -0.3 is 30.8 Å². The Hall–Kier alpha value is -3.89. The molecule has 196 valence electrons. The van der Waals surface area contributed by atoms with Crippen LogP contribution in [0, 0.1) is 0 Å². The van der Waals surface area contributed by atoms with Gasteiger partial charge in [0.2, 0.25) is 11.8 Å². The molecular weight excluding hydrogens is 466 g/mol. The number of carbonyl (C=O) groups excluding carboxylic acids is 3. The zero-order valence-corrected chi connectivity index (χ0v) is 21.5. The summed E-state index contributed by atoms with van der Waals surface area (Å²) in [4.78, 5) is 56.8. The predicted octanol–water partition coefficient (Wildman–Crippen LogP) is 3.15. The van der Waals surface area contributed by atoms with E-state index in [0.717, 1.165) is 0 Å². The van der Waals surface area contributed by atoms with Gasteiger partial charge in [-0.3, -0.25) is 14.4 Å². The van der Waals surface area contributed by atoms with E-state index in [4.69, 9.17) is 4.74 Å². The van der Waals surface area contributed by atoms with Crippen LogP contribution in [-0.4, -0.2) is 56.1 Å². The highest BCUT2D eigenvalue weighted by Crippen LogP contribution is 2.23. The molecule has 0 bridgehead atoms. The number of aromatic amines is 1. The van der Waals surface area contributed by atoms with Crippen molar-refractivity contribution in [1.29, 1.82) is 0 Å². The average Bonchev–Trinajstić information content (AvgIpc) is 3.19. The highest BCUT2D eigenvalue weighted by Gasteiger charge is 2.34. The lowest BCUT2D eigenvalue weighted by molar-refractivity contribution is -0.137. The molecule has 36 heavy (non-hydrogen) atoms. The standard InChI is InChI=1S/C25H35N5O6/c1-7-11-16(27-22(34)25(5,6)30-23(35)36-24(2,3)4)20(31)29-17-14-26-19(28-17)18(21(32)33)15-12-9-8-10-13-15/h8-10,12-14,16,18H,7,11H2,1-6H3,(H,26,28)(H,27,34)(H,29,31)(H,30,35)(H,32,33)/t16-,18?/m1/s1. The van der Waals surface area contributed by atoms with Crippen LogP contribution in [0.3, 0.4) is 0 Å². The number of alkyl carbamates (subject to hydrolysis) is 1. The number of hydrogen-bond donors (Lipinski definition) is 5. The van der Waals surface area contributed by atoms with E-state index in [1.165, 1.54) is 20.0 Å². The monoisotopic (exact) mass is 501 g/mol. The van der Waals surface area contributed by atoms with E-state index in [-0.39, 0.29) is 11.6 Å². The van der Waals surface area contributed by atoms with Gasteiger partial charge in [0.1, 0.15) is 34.7 Å². The molecule has 2 aromatic rings. The summed E-state index contributed by atoms with van der Waals surface area (Å²) in [5, 5.41) is 17.5. The highest BCUT2D eigenvalue weighted by molar-refractivity contribution is 5.98. The minimum Gasteiger partial charge on any atom is -0.480 e. The largest absolute Gasteiger partial charge is 0.480 e. The Morgan fingerprint density at radius 1 is 1.08 bits per heavy atom. The third-order valence-electron chi connectivity index (χ3n) is 5.09. The number of imidazole rings is 1. The summed E-state index contributed by atoms with van der Waals surface area (Å²) < 4.78 is 5.21. The van der Waals surface area contributed by atoms with Crippen LogP contribution in [-0.2, 0) is 19.1 Å². The smallest absolute Gasteiger partial charge is 0.408 e. The minimum absolute atomic E-state index is 0.155. The minimum atomic E-state index is -1.35. The van der Waals surface area contributed by atoms with Crippen LogP contribution in [0.15, 0.2) is 36.5 Å². The molecular formula is C25H35N5O6. The molecule has 0 aliphatic heterocycles. The number of nitrogens with zero attached hydrogens (tertiary/aromatic N) is 1. The number of amides is 3. The topological polar surface area (TPSA) is 163 Å². The van der Waals surface area contributed by atoms with Gasteiger partial charge in [-0.2, -0.15) is 0 Å². The Balaban J connectivity index is 2.10. The van der Waals surface area contributed by atoms with Crippen molar-refractivity contribution < 1.29 is 29.0 Å². The molecule has 2 atom stereocenters. The fourth-order valence-corrected chi connectivity index (χ4v) is 3.34. The molecule has 0 fully saturated rings. The van der Waals surface area contributed by atoms with Crippen LogP contribution in [0.1, 0.15) is 71.7 Å². The number of aliphatic carboxylic acids is 1. The number of carboxylic acids is 1. The highest BCUT2D eigenvalue weighted by atomic mass is 16.6. The predicted molar refractivity (Wildman–Crippen MR) is 133 cm³/mol. The molecule has 0 saturated heterocycles. The number of hydrogen-bond acceptors (Lipinski definition) is 6. The van der Waals surface area contributed by atoms with Gasteiger partial charge in [-0.05, 0) is 46.6 Å². The van der Waals surface area contributed by atoms with E-state index in [2.05, 4.69) is 25.9 Å². The van der Waals surface area contributed by atoms with E-state index >= 15 is 0 Å². The van der Waals surface area contributed by atoms with Crippen molar-refractivity contribution in [2.45, 2.75) is 77.5 Å². The second kappa shape index (κ2) is 11.7. The number of benzene rings is 1. The normalized spacial score (nSPS) is 13.3. The molecule has 0 aliphatic carbocycles. The van der Waals surface area contributed by atoms with Crippen LogP contribution < -0.4 is 16.0 Å². The van der Waals surface area contributed by atoms with Gasteiger partial charge in [0, 0.05) is 0 Å². The SMILES string of the molecule is CCC[C@@H](NC(=O)C(C)(C)NC(=O)OC(C)(C)C)C(=O)Nc1cnc(C(C(=O)O)c2ccccc2)[nH]1. The van der Waals surface area contributed by atoms with Crippen LogP contribution >= 0.6 is 0 Å². The molecule has 11 nitrogen and oxygen atoms in total. The zero-order valence-electron chi connectivity index (χ0n) is 21.5. The van der Waals surface area contributed by atoms with Crippen molar-refractivity contribution in [2.24, 2.45) is 0 Å². The second-order valence-corrected chi connectivity index (χ2v) is 9.92. The van der Waals surface area contributed by atoms with Gasteiger partial charge in [0.15, 0.2) is 0 Å². The van der Waals surface area contributed by atoms with Crippen LogP contribution in [0.5, 0.6) is 0 Å². The van der Waals surface area contributed by atoms with E-state index in [0.29, 0.717) is 18.4 Å². The second-order valence-electron chi connectivity index (χ2n) is 9.92. The number of H-pyrrole nitrogens is 1. The molecule has 1 heterocycles. The number of aromatic nitrogens is 2. The zero-order chi connectivity index (χ0) is 27.1. The molecule has 1 aromatic heterocycles. The number of anilines is 1. The average molecular weight is 502 g/mol. The first-order chi connectivity index (χ1) is 16.7. The first kappa shape index (κ1) is 28.3. The van der Waals surface area contributed by atoms with Gasteiger partial charge in [0.25, 0.3) is 0 Å². The van der Waals surface area contributed by atoms with Crippen LogP contribution in [0.2, 0.25) is 0 Å². The lowest BCUT2D eigenvalue weighted by atomic mass is 9.99. The molecule has 0 spiro atoms. The molecule has 0 aliphatic rings. The molecule has 1 unspecified atom stereocenters. The van der Waals surface area contributed by atoms with Crippen molar-refractivity contribution >= 4 is 29.7 Å². The summed E-state index contributed by atoms with van der Waals surface area (Å²) in [5.74, 6) is -2.87. The lowest BCUT2D eigenvalue weighted by Crippen LogP contribution is -2.58. The molecule has 0 saturated carbocycles. The Kier molecular flexibility index (Phi) is 9.21. The number of carboxylic acid groups (broad SMARTS) is 1. The number of nitrogens with one attached hydrogen (secondary N) is 4. The molecule has 2 rings (SSSR count). The fourth-order valence-electron chi connectivity index (χ4n) is 3.34. The Morgan fingerprint density at radius 3 is 2.28 bits per heavy atom. The summed E-state index contributed by atoms with van der Waals surface area (Å²) in [7, 11) is 0. The number of rotatable bonds is 10. The first-order valence-corrected chi connectivity index (χ1v) is 11.7. The van der Waals surface area contributed by atoms with Gasteiger partial charge in [-0.1, -0.05) is 43.7 Å². The maximum Gasteiger partial charge on any atom is 0.408 e. The van der Waals surface area contributed by atoms with Crippen molar-refractivity contribution in [3.63, 3.8) is 0 Å². The van der Waals surface area contributed by atoms with Gasteiger partial charge in [-0.15, -0.1) is 0 Å². The third-order valence-corrected chi connectivity index (χ3v) is 5.09. The van der Waals surface area contributed by atoms with Crippen molar-refractivity contribution in [2.75, 3.05) is 5.32 Å². The molecule has 0 radical (unpaired) electrons. The molecule has 5 N–H and O–H groups in total. The van der Waals surface area contributed by atoms with Gasteiger partial charge >= 0.3 is 12.1 Å². The Bertz CT molecular complexity index is 1070. The maximum atomic E-state index is 13.0. The summed E-state index contributed by atoms with van der Waals surface area (Å²) >= 11 is 0. The first-order valence-electron chi connectivity index (χ1n) is 11.7. The van der Waals surface area contributed by atoms with Crippen molar-refractivity contribution in [3.05, 3.63) is 47.9 Å². The Morgan fingerprint density at radius 2 is 1.72 bits per heavy atom. The molecule has 11 heteroatoms. The van der Waals surface area contributed by atoms with E-state index in [9.17, 15) is 24.3 Å². The van der Waals surface area contributed by atoms with E-state index in [1.807, 2.05) is 6.92 Å². The Labute approximate surface area is 210 Å². The quantitative estimate of drug-likeness (QED) is 0.334. The van der Waals surface area contributed by atoms with Crippen molar-refractivity contribution in [3.8, 4) is 0 Å². The molecule has 3 amide bonds. The summed E-state index contributed by atoms with van der Waals surface area (Å²) in [6, 6.07) is 7.70. The maximum absolute atomic E-state index is 13.0. The summed E-state index contributed by atoms with van der Waals surface area (Å²) in [6.07, 6.45) is 1.51. The van der Waals surface area contributed by atoms with Crippen LogP contribution in [0.4, 0.5) is 10.6 Å². The van der Waals surface area contributed by atoms with Gasteiger partial charge in [-0.25, -0.2) is 9.78 Å². The molecule has 1 aromatic carbocycles. The van der Waals surface area contributed by atoms with E-state index in [1.54, 1.807) is 51.1 Å². The number of ether oxygens (including phenoxy) is 1. The van der Waals surface area contributed by atoms with Crippen molar-refractivity contribution in [1.82, 2.24) is 20.6 Å². The van der Waals surface area contributed by atoms with E-state index < -0.39 is 47.0 Å².